The van der Waals surface area contributed by atoms with Gasteiger partial charge in [-0.3, -0.25) is 19.8 Å². The number of likely N-dealkylation sites (tertiary alicyclic amines) is 1. The van der Waals surface area contributed by atoms with Gasteiger partial charge in [0.25, 0.3) is 21.6 Å². The summed E-state index contributed by atoms with van der Waals surface area (Å²) in [6.45, 7) is 4.58. The Morgan fingerprint density at radius 2 is 1.78 bits per heavy atom. The Balaban J connectivity index is 0.850. The summed E-state index contributed by atoms with van der Waals surface area (Å²) in [6.07, 6.45) is 13.4. The molecular formula is C44H48N8O7S. The van der Waals surface area contributed by atoms with Crippen LogP contribution in [0.25, 0.3) is 11.0 Å². The van der Waals surface area contributed by atoms with E-state index in [2.05, 4.69) is 59.1 Å². The second-order valence-corrected chi connectivity index (χ2v) is 18.9. The molecule has 16 heteroatoms. The number of carbonyl (C=O) groups excluding carboxylic acids is 1. The van der Waals surface area contributed by atoms with Gasteiger partial charge in [-0.1, -0.05) is 24.3 Å². The van der Waals surface area contributed by atoms with Crippen LogP contribution in [-0.4, -0.2) is 84.5 Å². The lowest BCUT2D eigenvalue weighted by molar-refractivity contribution is -0.384. The van der Waals surface area contributed by atoms with Crippen molar-refractivity contribution in [3.8, 4) is 11.5 Å². The maximum Gasteiger partial charge on any atom is 0.296 e. The number of nitro groups is 1. The average molecular weight is 833 g/mol. The van der Waals surface area contributed by atoms with Gasteiger partial charge in [0.05, 0.1) is 28.9 Å². The molecule has 3 N–H and O–H groups in total. The molecule has 10 rings (SSSR count). The van der Waals surface area contributed by atoms with Crippen molar-refractivity contribution in [2.24, 2.45) is 11.3 Å². The summed E-state index contributed by atoms with van der Waals surface area (Å²) in [5, 5.41) is 15.2. The molecule has 6 heterocycles. The minimum atomic E-state index is -4.64. The molecule has 1 amide bonds. The quantitative estimate of drug-likeness (QED) is 0.0796. The third-order valence-electron chi connectivity index (χ3n) is 13.2. The second-order valence-electron chi connectivity index (χ2n) is 17.3. The molecule has 3 aliphatic heterocycles. The molecule has 60 heavy (non-hydrogen) atoms. The molecule has 3 saturated heterocycles. The van der Waals surface area contributed by atoms with Crippen molar-refractivity contribution in [2.75, 3.05) is 49.6 Å². The molecular weight excluding hydrogens is 785 g/mol. The van der Waals surface area contributed by atoms with Crippen LogP contribution in [0.5, 0.6) is 11.5 Å². The smallest absolute Gasteiger partial charge is 0.296 e. The van der Waals surface area contributed by atoms with Crippen LogP contribution in [0.2, 0.25) is 0 Å². The van der Waals surface area contributed by atoms with Gasteiger partial charge < -0.3 is 24.7 Å². The summed E-state index contributed by atoms with van der Waals surface area (Å²) in [5.74, 6) is 0.524. The van der Waals surface area contributed by atoms with Gasteiger partial charge >= 0.3 is 0 Å². The highest BCUT2D eigenvalue weighted by atomic mass is 32.2. The third kappa shape index (κ3) is 7.56. The number of nitrogens with one attached hydrogen (secondary N) is 3. The van der Waals surface area contributed by atoms with E-state index in [-0.39, 0.29) is 28.3 Å². The fraction of sp³-hybridized carbons (Fsp3) is 0.432. The lowest BCUT2D eigenvalue weighted by Gasteiger charge is -2.62. The minimum Gasteiger partial charge on any atom is -0.455 e. The van der Waals surface area contributed by atoms with E-state index in [1.54, 1.807) is 36.0 Å². The summed E-state index contributed by atoms with van der Waals surface area (Å²) in [7, 11) is -4.64. The Bertz CT molecular complexity index is 2560. The van der Waals surface area contributed by atoms with Gasteiger partial charge in [0.2, 0.25) is 0 Å². The van der Waals surface area contributed by atoms with Crippen LogP contribution >= 0.6 is 0 Å². The minimum absolute atomic E-state index is 0.0359. The lowest BCUT2D eigenvalue weighted by Crippen LogP contribution is -2.66. The van der Waals surface area contributed by atoms with Gasteiger partial charge in [-0.25, -0.2) is 14.7 Å². The first-order valence-electron chi connectivity index (χ1n) is 21.0. The number of aromatic amines is 1. The summed E-state index contributed by atoms with van der Waals surface area (Å²) >= 11 is 0. The van der Waals surface area contributed by atoms with Gasteiger partial charge in [-0.2, -0.15) is 8.42 Å². The van der Waals surface area contributed by atoms with E-state index < -0.39 is 31.6 Å². The molecule has 15 nitrogen and oxygen atoms in total. The number of sulfonamides is 1. The number of H-pyrrole nitrogens is 1. The number of benzene rings is 2. The van der Waals surface area contributed by atoms with Crippen LogP contribution in [-0.2, 0) is 14.8 Å². The first kappa shape index (κ1) is 38.6. The highest BCUT2D eigenvalue weighted by molar-refractivity contribution is 7.90. The summed E-state index contributed by atoms with van der Waals surface area (Å²) < 4.78 is 41.0. The van der Waals surface area contributed by atoms with Crippen molar-refractivity contribution in [3.63, 3.8) is 0 Å². The molecule has 5 fully saturated rings. The number of nitrogens with zero attached hydrogens (tertiary/aromatic N) is 5. The van der Waals surface area contributed by atoms with Crippen molar-refractivity contribution < 1.29 is 27.6 Å². The Labute approximate surface area is 348 Å². The molecule has 312 valence electrons. The van der Waals surface area contributed by atoms with Gasteiger partial charge in [0.15, 0.2) is 5.03 Å². The van der Waals surface area contributed by atoms with Crippen LogP contribution < -0.4 is 19.7 Å². The molecule has 2 aromatic carbocycles. The number of hydrogen-bond acceptors (Lipinski definition) is 12. The molecule has 2 aliphatic carbocycles. The molecule has 1 atom stereocenters. The van der Waals surface area contributed by atoms with E-state index in [0.717, 1.165) is 74.6 Å². The molecule has 5 aliphatic rings. The van der Waals surface area contributed by atoms with E-state index in [1.807, 2.05) is 6.07 Å². The summed E-state index contributed by atoms with van der Waals surface area (Å²) in [6, 6.07) is 19.8. The van der Waals surface area contributed by atoms with Gasteiger partial charge in [0, 0.05) is 73.7 Å². The third-order valence-corrected chi connectivity index (χ3v) is 14.4. The zero-order chi connectivity index (χ0) is 41.0. The highest BCUT2D eigenvalue weighted by Gasteiger charge is 2.55. The normalized spacial score (nSPS) is 20.8. The van der Waals surface area contributed by atoms with E-state index in [4.69, 9.17) is 9.47 Å². The largest absolute Gasteiger partial charge is 0.455 e. The number of rotatable bonds is 13. The zero-order valence-corrected chi connectivity index (χ0v) is 34.0. The molecule has 2 saturated carbocycles. The molecule has 1 unspecified atom stereocenters. The average Bonchev–Trinajstić information content (AvgIpc) is 3.77. The highest BCUT2D eigenvalue weighted by Crippen LogP contribution is 2.55. The molecule has 0 bridgehead atoms. The van der Waals surface area contributed by atoms with Crippen LogP contribution in [0.15, 0.2) is 84.3 Å². The summed E-state index contributed by atoms with van der Waals surface area (Å²) in [4.78, 5) is 41.8. The van der Waals surface area contributed by atoms with Gasteiger partial charge in [0.1, 0.15) is 22.8 Å². The van der Waals surface area contributed by atoms with E-state index in [0.29, 0.717) is 43.2 Å². The number of fused-ring (bicyclic) bond motifs is 1. The molecule has 1 spiro atoms. The standard InChI is InChI=1S/C44H48N8O7S/c53-43(49-60(56,57)41-20-39(52(54)55)37(25-47-41)46-23-28-12-16-58-17-13-28)36-10-9-31(19-40(36)59-33-18-30-11-14-45-42(30)48-24-33)50-26-44(27-50)21-32(22-44)51-15-3-6-38(51)35-5-2-1-4-34(35)29-7-8-29/h1-2,4-5,9-11,14,18-20,24-25,28-29,32,38,46H,3,6-8,12-13,15-17,21-23,26-27H2,(H,45,48)(H,49,53). The van der Waals surface area contributed by atoms with Crippen molar-refractivity contribution in [1.82, 2.24) is 24.6 Å². The van der Waals surface area contributed by atoms with Gasteiger partial charge in [-0.15, -0.1) is 0 Å². The molecule has 3 aromatic heterocycles. The van der Waals surface area contributed by atoms with Crippen molar-refractivity contribution in [2.45, 2.75) is 74.4 Å². The number of anilines is 2. The van der Waals surface area contributed by atoms with Crippen LogP contribution in [0.1, 0.15) is 84.8 Å². The maximum atomic E-state index is 13.9. The molecule has 0 radical (unpaired) electrons. The number of carbonyl (C=O) groups is 1. The number of amides is 1. The van der Waals surface area contributed by atoms with Crippen molar-refractivity contribution in [1.29, 1.82) is 0 Å². The van der Waals surface area contributed by atoms with Gasteiger partial charge in [-0.05, 0) is 105 Å². The van der Waals surface area contributed by atoms with Crippen molar-refractivity contribution in [3.05, 3.63) is 106 Å². The first-order chi connectivity index (χ1) is 29.1. The summed E-state index contributed by atoms with van der Waals surface area (Å²) in [5.41, 5.74) is 4.44. The van der Waals surface area contributed by atoms with E-state index in [1.165, 1.54) is 37.4 Å². The lowest BCUT2D eigenvalue weighted by atomic mass is 9.60. The molecule has 5 aromatic rings. The van der Waals surface area contributed by atoms with Crippen LogP contribution in [0.4, 0.5) is 17.1 Å². The Hall–Kier alpha value is -5.58. The second kappa shape index (κ2) is 15.5. The van der Waals surface area contributed by atoms with E-state index >= 15 is 0 Å². The number of aromatic nitrogens is 3. The zero-order valence-electron chi connectivity index (χ0n) is 33.2. The Morgan fingerprint density at radius 3 is 2.57 bits per heavy atom. The topological polar surface area (TPSA) is 185 Å². The van der Waals surface area contributed by atoms with Crippen LogP contribution in [0, 0.1) is 21.4 Å². The fourth-order valence-electron chi connectivity index (χ4n) is 9.90. The SMILES string of the molecule is O=C(NS(=O)(=O)c1cc([N+](=O)[O-])c(NCC2CCOCC2)cn1)c1ccc(N2CC3(CC(N4CCCC4c4ccccc4C4CC4)C3)C2)cc1Oc1cnc2[nH]ccc2c1. The predicted octanol–water partition coefficient (Wildman–Crippen LogP) is 7.30. The first-order valence-corrected chi connectivity index (χ1v) is 22.5. The fourth-order valence-corrected chi connectivity index (χ4v) is 10.8. The van der Waals surface area contributed by atoms with E-state index in [9.17, 15) is 23.3 Å². The Morgan fingerprint density at radius 1 is 0.983 bits per heavy atom. The van der Waals surface area contributed by atoms with Crippen LogP contribution in [0.3, 0.4) is 0 Å². The maximum absolute atomic E-state index is 13.9. The predicted molar refractivity (Wildman–Crippen MR) is 225 cm³/mol. The number of pyridine rings is 2. The monoisotopic (exact) mass is 832 g/mol. The van der Waals surface area contributed by atoms with Crippen molar-refractivity contribution >= 4 is 44.0 Å². The number of hydrogen-bond donors (Lipinski definition) is 3. The number of ether oxygens (including phenoxy) is 2. The Kier molecular flexibility index (Phi) is 9.95.